The van der Waals surface area contributed by atoms with Crippen LogP contribution in [0.1, 0.15) is 97.8 Å². The Morgan fingerprint density at radius 1 is 0.630 bits per heavy atom. The summed E-state index contributed by atoms with van der Waals surface area (Å²) >= 11 is -2.48. The van der Waals surface area contributed by atoms with E-state index in [1.165, 1.54) is 46.2 Å². The Morgan fingerprint density at radius 2 is 1.09 bits per heavy atom. The van der Waals surface area contributed by atoms with Gasteiger partial charge in [0.05, 0.1) is 0 Å². The van der Waals surface area contributed by atoms with Crippen molar-refractivity contribution in [3.05, 3.63) is 152 Å². The van der Waals surface area contributed by atoms with Crippen LogP contribution in [-0.4, -0.2) is 3.21 Å². The summed E-state index contributed by atoms with van der Waals surface area (Å²) in [6, 6.07) is 37.3. The minimum absolute atomic E-state index is 0. The summed E-state index contributed by atoms with van der Waals surface area (Å²) in [5.41, 5.74) is 12.3. The summed E-state index contributed by atoms with van der Waals surface area (Å²) in [7, 11) is 0. The number of hydrogen-bond acceptors (Lipinski definition) is 0. The van der Waals surface area contributed by atoms with Crippen molar-refractivity contribution in [2.75, 3.05) is 0 Å². The molecule has 0 atom stereocenters. The minimum Gasteiger partial charge on any atom is -0.147 e. The molecule has 240 valence electrons. The van der Waals surface area contributed by atoms with E-state index in [0.717, 1.165) is 19.3 Å². The van der Waals surface area contributed by atoms with Crippen LogP contribution < -0.4 is 0 Å². The molecule has 0 aliphatic heterocycles. The average molecular weight is 729 g/mol. The van der Waals surface area contributed by atoms with E-state index in [4.69, 9.17) is 0 Å². The summed E-state index contributed by atoms with van der Waals surface area (Å²) in [6.45, 7) is 14.2. The van der Waals surface area contributed by atoms with Gasteiger partial charge in [0.1, 0.15) is 0 Å². The Bertz CT molecular complexity index is 1620. The van der Waals surface area contributed by atoms with Gasteiger partial charge in [0.2, 0.25) is 0 Å². The third kappa shape index (κ3) is 8.04. The predicted molar refractivity (Wildman–Crippen MR) is 202 cm³/mol. The summed E-state index contributed by atoms with van der Waals surface area (Å²) < 4.78 is 4.18. The number of hydrogen-bond donors (Lipinski definition) is 0. The molecular formula is C43H50Cl2Zr. The molecule has 6 rings (SSSR count). The van der Waals surface area contributed by atoms with E-state index in [2.05, 4.69) is 157 Å². The van der Waals surface area contributed by atoms with Crippen LogP contribution in [0.4, 0.5) is 0 Å². The van der Waals surface area contributed by atoms with Crippen molar-refractivity contribution >= 4 is 28.0 Å². The Kier molecular flexibility index (Phi) is 12.1. The van der Waals surface area contributed by atoms with Crippen LogP contribution in [0.3, 0.4) is 0 Å². The maximum Gasteiger partial charge on any atom is -0.147 e. The largest absolute Gasteiger partial charge is 0.147 e. The van der Waals surface area contributed by atoms with Gasteiger partial charge in [-0.25, -0.2) is 0 Å². The molecule has 2 aliphatic rings. The van der Waals surface area contributed by atoms with E-state index in [9.17, 15) is 0 Å². The van der Waals surface area contributed by atoms with E-state index >= 15 is 0 Å². The van der Waals surface area contributed by atoms with Crippen molar-refractivity contribution in [1.29, 1.82) is 0 Å². The molecule has 46 heavy (non-hydrogen) atoms. The van der Waals surface area contributed by atoms with Gasteiger partial charge in [0, 0.05) is 0 Å². The van der Waals surface area contributed by atoms with Crippen LogP contribution in [0.5, 0.6) is 0 Å². The van der Waals surface area contributed by atoms with Crippen molar-refractivity contribution < 1.29 is 21.3 Å². The molecule has 0 spiro atoms. The smallest absolute Gasteiger partial charge is 0.147 e. The SMILES string of the molecule is CC(C)(C)c1ccc2c(c1)[CH]([Zr]([C]1=CC=CC1)=[C](CCc1ccccc1)CCc1ccccc1)c1cc(C(C)(C)C)ccc1-2.Cl.Cl. The topological polar surface area (TPSA) is 0 Å². The third-order valence-electron chi connectivity index (χ3n) is 9.65. The molecule has 0 fully saturated rings. The van der Waals surface area contributed by atoms with Crippen LogP contribution in [0.25, 0.3) is 11.1 Å². The Morgan fingerprint density at radius 3 is 1.48 bits per heavy atom. The maximum atomic E-state index is 2.62. The number of fused-ring (bicyclic) bond motifs is 3. The zero-order valence-electron chi connectivity index (χ0n) is 28.4. The van der Waals surface area contributed by atoms with Crippen LogP contribution in [0.15, 0.2) is 119 Å². The van der Waals surface area contributed by atoms with Crippen molar-refractivity contribution in [2.24, 2.45) is 0 Å². The number of benzene rings is 4. The van der Waals surface area contributed by atoms with Gasteiger partial charge in [-0.1, -0.05) is 0 Å². The molecular weight excluding hydrogens is 679 g/mol. The first kappa shape index (κ1) is 36.5. The van der Waals surface area contributed by atoms with E-state index in [0.29, 0.717) is 3.63 Å². The van der Waals surface area contributed by atoms with E-state index < -0.39 is 21.3 Å². The van der Waals surface area contributed by atoms with Gasteiger partial charge in [-0.3, -0.25) is 0 Å². The van der Waals surface area contributed by atoms with Gasteiger partial charge in [-0.05, 0) is 0 Å². The van der Waals surface area contributed by atoms with Crippen LogP contribution in [0.2, 0.25) is 0 Å². The van der Waals surface area contributed by atoms with Crippen molar-refractivity contribution in [3.63, 3.8) is 0 Å². The Balaban J connectivity index is 0.00000240. The second-order valence-electron chi connectivity index (χ2n) is 14.8. The zero-order valence-corrected chi connectivity index (χ0v) is 32.5. The zero-order chi connectivity index (χ0) is 30.9. The first-order valence-corrected chi connectivity index (χ1v) is 20.4. The van der Waals surface area contributed by atoms with E-state index in [1.54, 1.807) is 14.4 Å². The van der Waals surface area contributed by atoms with Crippen molar-refractivity contribution in [3.8, 4) is 11.1 Å². The molecule has 0 nitrogen and oxygen atoms in total. The summed E-state index contributed by atoms with van der Waals surface area (Å²) in [5.74, 6) is 0. The second-order valence-corrected chi connectivity index (χ2v) is 21.6. The molecule has 2 aliphatic carbocycles. The first-order valence-electron chi connectivity index (χ1n) is 16.5. The molecule has 0 saturated heterocycles. The summed E-state index contributed by atoms with van der Waals surface area (Å²) in [5, 5.41) is 0. The third-order valence-corrected chi connectivity index (χ3v) is 18.3. The predicted octanol–water partition coefficient (Wildman–Crippen LogP) is 12.1. The van der Waals surface area contributed by atoms with Gasteiger partial charge in [-0.2, -0.15) is 0 Å². The molecule has 0 radical (unpaired) electrons. The van der Waals surface area contributed by atoms with Gasteiger partial charge >= 0.3 is 276 Å². The Labute approximate surface area is 298 Å². The van der Waals surface area contributed by atoms with Crippen molar-refractivity contribution in [2.45, 2.75) is 88.1 Å². The number of halogens is 2. The molecule has 0 aromatic heterocycles. The molecule has 3 heteroatoms. The van der Waals surface area contributed by atoms with Crippen LogP contribution in [-0.2, 0) is 44.9 Å². The quantitative estimate of drug-likeness (QED) is 0.169. The molecule has 0 bridgehead atoms. The molecule has 0 amide bonds. The van der Waals surface area contributed by atoms with Gasteiger partial charge in [0.25, 0.3) is 0 Å². The number of rotatable bonds is 8. The molecule has 4 aromatic carbocycles. The van der Waals surface area contributed by atoms with Crippen LogP contribution in [0, 0.1) is 0 Å². The summed E-state index contributed by atoms with van der Waals surface area (Å²) in [6.07, 6.45) is 13.1. The summed E-state index contributed by atoms with van der Waals surface area (Å²) in [4.78, 5) is 0. The maximum absolute atomic E-state index is 2.62. The normalized spacial score (nSPS) is 13.7. The molecule has 0 heterocycles. The fraction of sp³-hybridized carbons (Fsp3) is 0.326. The monoisotopic (exact) mass is 726 g/mol. The molecule has 0 saturated carbocycles. The molecule has 0 unspecified atom stereocenters. The standard InChI is InChI=1S/C21H25.C17H18.C5H5.2ClH.Zr/c1-20(2,3)16-7-9-18-14(12-16)11-15-13-17(21(4,5)6)8-10-19(15)18;1-4-10-16(11-5-1)14-8-3-9-15-17-12-6-2-7-13-17;1-2-4-5-3-1;;;/h7-13H,1-6H3;1-2,4-7,10-13H,8-9,14-15H2;1-3H,4H2;2*1H;. The second kappa shape index (κ2) is 15.3. The van der Waals surface area contributed by atoms with Gasteiger partial charge < -0.3 is 0 Å². The number of allylic oxidation sites excluding steroid dienone is 4. The minimum atomic E-state index is -2.48. The van der Waals surface area contributed by atoms with E-state index in [-0.39, 0.29) is 35.6 Å². The molecule has 0 N–H and O–H groups in total. The van der Waals surface area contributed by atoms with E-state index in [1.807, 2.05) is 3.21 Å². The fourth-order valence-electron chi connectivity index (χ4n) is 7.04. The Hall–Kier alpha value is -2.31. The van der Waals surface area contributed by atoms with Crippen molar-refractivity contribution in [1.82, 2.24) is 0 Å². The van der Waals surface area contributed by atoms with Gasteiger partial charge in [0.15, 0.2) is 0 Å². The van der Waals surface area contributed by atoms with Crippen LogP contribution >= 0.6 is 24.8 Å². The van der Waals surface area contributed by atoms with Gasteiger partial charge in [-0.15, -0.1) is 24.8 Å². The average Bonchev–Trinajstić information content (AvgIpc) is 3.65. The number of aryl methyl sites for hydroxylation is 2. The fourth-order valence-corrected chi connectivity index (χ4v) is 16.2. The first-order chi connectivity index (χ1) is 21.1. The molecule has 4 aromatic rings.